The van der Waals surface area contributed by atoms with Gasteiger partial charge < -0.3 is 5.32 Å². The molecule has 66 valence electrons. The molecule has 0 atom stereocenters. The van der Waals surface area contributed by atoms with Crippen LogP contribution in [0.3, 0.4) is 0 Å². The topological polar surface area (TPSA) is 53.2 Å². The van der Waals surface area contributed by atoms with Crippen LogP contribution in [0.4, 0.5) is 0 Å². The quantitative estimate of drug-likeness (QED) is 0.301. The molecule has 0 rings (SSSR count). The summed E-state index contributed by atoms with van der Waals surface area (Å²) in [6.07, 6.45) is 1.21. The van der Waals surface area contributed by atoms with Gasteiger partial charge in [-0.3, -0.25) is 10.2 Å². The minimum Gasteiger partial charge on any atom is -0.318 e. The van der Waals surface area contributed by atoms with Crippen molar-refractivity contribution in [3.05, 3.63) is 12.7 Å². The average Bonchev–Trinajstić information content (AvgIpc) is 1.98. The second-order valence-corrected chi connectivity index (χ2v) is 1.72. The molecule has 11 heavy (non-hydrogen) atoms. The van der Waals surface area contributed by atoms with E-state index in [9.17, 15) is 4.79 Å². The number of likely N-dealkylation sites (N-methyl/N-ethyl adjacent to an activating group) is 1. The number of hydrogen-bond acceptors (Lipinski definition) is 3. The van der Waals surface area contributed by atoms with Crippen LogP contribution in [0.2, 0.25) is 0 Å². The Morgan fingerprint density at radius 3 is 2.64 bits per heavy atom. The lowest BCUT2D eigenvalue weighted by molar-refractivity contribution is -0.117. The molecule has 0 aromatic heterocycles. The minimum atomic E-state index is -0.212. The largest absolute Gasteiger partial charge is 0.318 e. The maximum Gasteiger partial charge on any atom is 0.257 e. The van der Waals surface area contributed by atoms with Crippen molar-refractivity contribution in [3.63, 3.8) is 0 Å². The van der Waals surface area contributed by atoms with E-state index in [4.69, 9.17) is 0 Å². The zero-order valence-corrected chi connectivity index (χ0v) is 7.33. The molecule has 0 heterocycles. The molecule has 5 heteroatoms. The Balaban J connectivity index is 0. The molecule has 0 saturated carbocycles. The molecule has 0 radical (unpaired) electrons. The molecule has 0 bridgehead atoms. The SMILES string of the molecule is C=CC(=O)NNCCNC.Cl. The van der Waals surface area contributed by atoms with Crippen molar-refractivity contribution in [1.82, 2.24) is 16.2 Å². The Bertz CT molecular complexity index is 118. The first-order chi connectivity index (χ1) is 4.81. The minimum absolute atomic E-state index is 0. The second kappa shape index (κ2) is 9.42. The number of rotatable bonds is 5. The summed E-state index contributed by atoms with van der Waals surface area (Å²) in [6, 6.07) is 0. The molecule has 0 aliphatic rings. The van der Waals surface area contributed by atoms with Gasteiger partial charge in [-0.15, -0.1) is 12.4 Å². The highest BCUT2D eigenvalue weighted by atomic mass is 35.5. The van der Waals surface area contributed by atoms with Crippen molar-refractivity contribution in [2.45, 2.75) is 0 Å². The van der Waals surface area contributed by atoms with E-state index < -0.39 is 0 Å². The Labute approximate surface area is 72.8 Å². The summed E-state index contributed by atoms with van der Waals surface area (Å²) in [5.74, 6) is -0.212. The summed E-state index contributed by atoms with van der Waals surface area (Å²) in [5, 5.41) is 2.92. The van der Waals surface area contributed by atoms with Gasteiger partial charge in [0, 0.05) is 13.1 Å². The predicted molar refractivity (Wildman–Crippen MR) is 47.5 cm³/mol. The van der Waals surface area contributed by atoms with Gasteiger partial charge in [0.15, 0.2) is 0 Å². The van der Waals surface area contributed by atoms with E-state index in [-0.39, 0.29) is 18.3 Å². The molecular weight excluding hydrogens is 166 g/mol. The standard InChI is InChI=1S/C6H13N3O.ClH/c1-3-6(10)9-8-5-4-7-2;/h3,7-8H,1,4-5H2,2H3,(H,9,10);1H. The van der Waals surface area contributed by atoms with Gasteiger partial charge in [-0.05, 0) is 13.1 Å². The summed E-state index contributed by atoms with van der Waals surface area (Å²) in [5.41, 5.74) is 5.12. The highest BCUT2D eigenvalue weighted by Gasteiger charge is 1.88. The van der Waals surface area contributed by atoms with Crippen molar-refractivity contribution in [2.75, 3.05) is 20.1 Å². The second-order valence-electron chi connectivity index (χ2n) is 1.72. The van der Waals surface area contributed by atoms with E-state index in [2.05, 4.69) is 22.7 Å². The number of halogens is 1. The van der Waals surface area contributed by atoms with Crippen LogP contribution >= 0.6 is 12.4 Å². The van der Waals surface area contributed by atoms with Gasteiger partial charge in [-0.2, -0.15) is 0 Å². The van der Waals surface area contributed by atoms with Crippen LogP contribution in [0.25, 0.3) is 0 Å². The fourth-order valence-electron chi connectivity index (χ4n) is 0.388. The lowest BCUT2D eigenvalue weighted by atomic mass is 10.6. The fourth-order valence-corrected chi connectivity index (χ4v) is 0.388. The molecule has 0 aromatic carbocycles. The molecule has 0 saturated heterocycles. The highest BCUT2D eigenvalue weighted by Crippen LogP contribution is 1.60. The van der Waals surface area contributed by atoms with Crippen molar-refractivity contribution in [3.8, 4) is 0 Å². The molecule has 0 unspecified atom stereocenters. The van der Waals surface area contributed by atoms with E-state index in [1.165, 1.54) is 6.08 Å². The molecule has 0 aliphatic heterocycles. The van der Waals surface area contributed by atoms with Gasteiger partial charge in [0.2, 0.25) is 0 Å². The van der Waals surface area contributed by atoms with E-state index in [0.717, 1.165) is 6.54 Å². The van der Waals surface area contributed by atoms with Gasteiger partial charge in [-0.1, -0.05) is 6.58 Å². The molecular formula is C6H14ClN3O. The van der Waals surface area contributed by atoms with Gasteiger partial charge in [0.1, 0.15) is 0 Å². The monoisotopic (exact) mass is 179 g/mol. The zero-order valence-electron chi connectivity index (χ0n) is 6.52. The molecule has 1 amide bonds. The Morgan fingerprint density at radius 1 is 1.55 bits per heavy atom. The summed E-state index contributed by atoms with van der Waals surface area (Å²) >= 11 is 0. The third-order valence-electron chi connectivity index (χ3n) is 0.897. The van der Waals surface area contributed by atoms with Crippen LogP contribution < -0.4 is 16.2 Å². The molecule has 0 spiro atoms. The first-order valence-corrected chi connectivity index (χ1v) is 3.11. The number of hydrazine groups is 1. The lowest BCUT2D eigenvalue weighted by Gasteiger charge is -2.02. The average molecular weight is 180 g/mol. The van der Waals surface area contributed by atoms with E-state index in [0.29, 0.717) is 6.54 Å². The van der Waals surface area contributed by atoms with Gasteiger partial charge >= 0.3 is 0 Å². The van der Waals surface area contributed by atoms with Gasteiger partial charge in [0.25, 0.3) is 5.91 Å². The summed E-state index contributed by atoms with van der Waals surface area (Å²) in [7, 11) is 1.84. The summed E-state index contributed by atoms with van der Waals surface area (Å²) in [6.45, 7) is 4.81. The Morgan fingerprint density at radius 2 is 2.18 bits per heavy atom. The fraction of sp³-hybridized carbons (Fsp3) is 0.500. The van der Waals surface area contributed by atoms with Crippen LogP contribution in [0.15, 0.2) is 12.7 Å². The smallest absolute Gasteiger partial charge is 0.257 e. The predicted octanol–water partition coefficient (Wildman–Crippen LogP) is -0.566. The summed E-state index contributed by atoms with van der Waals surface area (Å²) < 4.78 is 0. The third-order valence-corrected chi connectivity index (χ3v) is 0.897. The highest BCUT2D eigenvalue weighted by molar-refractivity contribution is 5.86. The number of hydrogen-bond donors (Lipinski definition) is 3. The van der Waals surface area contributed by atoms with Crippen molar-refractivity contribution in [1.29, 1.82) is 0 Å². The normalized spacial score (nSPS) is 8.09. The molecule has 0 aromatic rings. The zero-order chi connectivity index (χ0) is 7.82. The number of amides is 1. The van der Waals surface area contributed by atoms with Crippen LogP contribution in [-0.2, 0) is 4.79 Å². The Hall–Kier alpha value is -0.580. The number of nitrogens with one attached hydrogen (secondary N) is 3. The molecule has 0 fully saturated rings. The Kier molecular flexibility index (Phi) is 11.2. The van der Waals surface area contributed by atoms with Crippen LogP contribution in [0.1, 0.15) is 0 Å². The van der Waals surface area contributed by atoms with Crippen LogP contribution in [0, 0.1) is 0 Å². The maximum atomic E-state index is 10.5. The molecule has 4 nitrogen and oxygen atoms in total. The summed E-state index contributed by atoms with van der Waals surface area (Å²) in [4.78, 5) is 10.5. The first kappa shape index (κ1) is 13.0. The van der Waals surface area contributed by atoms with Gasteiger partial charge in [0.05, 0.1) is 0 Å². The molecule has 3 N–H and O–H groups in total. The lowest BCUT2D eigenvalue weighted by Crippen LogP contribution is -2.39. The van der Waals surface area contributed by atoms with Gasteiger partial charge in [-0.25, -0.2) is 5.43 Å². The van der Waals surface area contributed by atoms with Crippen molar-refractivity contribution in [2.24, 2.45) is 0 Å². The third kappa shape index (κ3) is 9.42. The molecule has 0 aliphatic carbocycles. The van der Waals surface area contributed by atoms with Crippen LogP contribution in [-0.4, -0.2) is 26.0 Å². The van der Waals surface area contributed by atoms with Crippen molar-refractivity contribution >= 4 is 18.3 Å². The maximum absolute atomic E-state index is 10.5. The van der Waals surface area contributed by atoms with Crippen LogP contribution in [0.5, 0.6) is 0 Å². The number of carbonyl (C=O) groups is 1. The van der Waals surface area contributed by atoms with E-state index in [1.54, 1.807) is 0 Å². The van der Waals surface area contributed by atoms with E-state index in [1.807, 2.05) is 7.05 Å². The first-order valence-electron chi connectivity index (χ1n) is 3.11. The number of carbonyl (C=O) groups excluding carboxylic acids is 1. The van der Waals surface area contributed by atoms with E-state index >= 15 is 0 Å². The van der Waals surface area contributed by atoms with Crippen molar-refractivity contribution < 1.29 is 4.79 Å².